The Bertz CT molecular complexity index is 232. The van der Waals surface area contributed by atoms with Crippen LogP contribution < -0.4 is 5.32 Å². The number of hydrogen-bond acceptors (Lipinski definition) is 4. The van der Waals surface area contributed by atoms with Crippen LogP contribution >= 0.6 is 0 Å². The molecule has 5 heteroatoms. The fraction of sp³-hybridized carbons (Fsp3) is 0.800. The van der Waals surface area contributed by atoms with Crippen LogP contribution in [0.5, 0.6) is 0 Å². The third-order valence-corrected chi connectivity index (χ3v) is 1.46. The summed E-state index contributed by atoms with van der Waals surface area (Å²) in [5, 5.41) is 2.54. The van der Waals surface area contributed by atoms with Gasteiger partial charge >= 0.3 is 12.1 Å². The molecule has 15 heavy (non-hydrogen) atoms. The highest BCUT2D eigenvalue weighted by atomic mass is 16.6. The highest BCUT2D eigenvalue weighted by molar-refractivity contribution is 5.72. The van der Waals surface area contributed by atoms with E-state index in [1.807, 2.05) is 0 Å². The largest absolute Gasteiger partial charge is 0.469 e. The van der Waals surface area contributed by atoms with Gasteiger partial charge in [-0.05, 0) is 27.7 Å². The Balaban J connectivity index is 3.92. The van der Waals surface area contributed by atoms with Crippen LogP contribution in [0.3, 0.4) is 0 Å². The van der Waals surface area contributed by atoms with E-state index in [-0.39, 0.29) is 18.4 Å². The Kier molecular flexibility index (Phi) is 5.11. The number of amides is 1. The van der Waals surface area contributed by atoms with Crippen LogP contribution in [0.1, 0.15) is 34.1 Å². The summed E-state index contributed by atoms with van der Waals surface area (Å²) in [6.45, 7) is 7.04. The molecule has 0 saturated heterocycles. The second-order valence-electron chi connectivity index (χ2n) is 4.33. The summed E-state index contributed by atoms with van der Waals surface area (Å²) < 4.78 is 9.49. The minimum Gasteiger partial charge on any atom is -0.469 e. The predicted octanol–water partition coefficient (Wildman–Crippen LogP) is 1.46. The lowest BCUT2D eigenvalue weighted by Gasteiger charge is -2.21. The van der Waals surface area contributed by atoms with Gasteiger partial charge in [0, 0.05) is 6.04 Å². The quantitative estimate of drug-likeness (QED) is 0.727. The van der Waals surface area contributed by atoms with Crippen molar-refractivity contribution in [3.05, 3.63) is 0 Å². The average molecular weight is 217 g/mol. The average Bonchev–Trinajstić information content (AvgIpc) is 1.99. The molecule has 0 aliphatic heterocycles. The maximum absolute atomic E-state index is 11.3. The van der Waals surface area contributed by atoms with Gasteiger partial charge in [0.05, 0.1) is 13.5 Å². The minimum atomic E-state index is -0.533. The third-order valence-electron chi connectivity index (χ3n) is 1.46. The Labute approximate surface area is 90.1 Å². The lowest BCUT2D eigenvalue weighted by Crippen LogP contribution is -2.38. The number of alkyl carbamates (subject to hydrolysis) is 1. The normalized spacial score (nSPS) is 12.9. The molecule has 1 amide bonds. The van der Waals surface area contributed by atoms with Crippen molar-refractivity contribution in [2.45, 2.75) is 45.8 Å². The van der Waals surface area contributed by atoms with E-state index in [0.29, 0.717) is 0 Å². The zero-order valence-corrected chi connectivity index (χ0v) is 9.92. The molecule has 5 nitrogen and oxygen atoms in total. The highest BCUT2D eigenvalue weighted by Crippen LogP contribution is 2.07. The van der Waals surface area contributed by atoms with Crippen molar-refractivity contribution in [1.29, 1.82) is 0 Å². The van der Waals surface area contributed by atoms with Gasteiger partial charge in [0.1, 0.15) is 5.60 Å². The van der Waals surface area contributed by atoms with E-state index in [0.717, 1.165) is 0 Å². The van der Waals surface area contributed by atoms with Gasteiger partial charge in [0.2, 0.25) is 0 Å². The summed E-state index contributed by atoms with van der Waals surface area (Å²) in [7, 11) is 1.31. The van der Waals surface area contributed by atoms with E-state index in [4.69, 9.17) is 4.74 Å². The standard InChI is InChI=1S/C10H19NO4/c1-7(6-8(12)14-5)11-9(13)15-10(2,3)4/h7H,6H2,1-5H3,(H,11,13)/t7-/m0/s1. The molecule has 0 unspecified atom stereocenters. The molecule has 0 aromatic rings. The molecule has 88 valence electrons. The van der Waals surface area contributed by atoms with E-state index in [9.17, 15) is 9.59 Å². The van der Waals surface area contributed by atoms with Crippen molar-refractivity contribution < 1.29 is 19.1 Å². The lowest BCUT2D eigenvalue weighted by molar-refractivity contribution is -0.141. The monoisotopic (exact) mass is 217 g/mol. The molecule has 0 rings (SSSR count). The second kappa shape index (κ2) is 5.58. The van der Waals surface area contributed by atoms with Crippen molar-refractivity contribution >= 4 is 12.1 Å². The first-order valence-corrected chi connectivity index (χ1v) is 4.81. The summed E-state index contributed by atoms with van der Waals surface area (Å²) in [4.78, 5) is 22.1. The summed E-state index contributed by atoms with van der Waals surface area (Å²) in [5.41, 5.74) is -0.533. The third kappa shape index (κ3) is 7.78. The van der Waals surface area contributed by atoms with Crippen LogP contribution in [-0.4, -0.2) is 30.8 Å². The van der Waals surface area contributed by atoms with Crippen LogP contribution in [0, 0.1) is 0 Å². The smallest absolute Gasteiger partial charge is 0.407 e. The number of carbonyl (C=O) groups is 2. The van der Waals surface area contributed by atoms with Crippen LogP contribution in [0.4, 0.5) is 4.79 Å². The summed E-state index contributed by atoms with van der Waals surface area (Å²) >= 11 is 0. The summed E-state index contributed by atoms with van der Waals surface area (Å²) in [6, 6.07) is -0.299. The molecule has 0 saturated carbocycles. The van der Waals surface area contributed by atoms with Gasteiger partial charge in [-0.25, -0.2) is 4.79 Å². The molecule has 0 fully saturated rings. The summed E-state index contributed by atoms with van der Waals surface area (Å²) in [5.74, 6) is -0.362. The fourth-order valence-electron chi connectivity index (χ4n) is 0.893. The Morgan fingerprint density at radius 3 is 2.27 bits per heavy atom. The molecule has 0 spiro atoms. The first-order valence-electron chi connectivity index (χ1n) is 4.81. The molecule has 0 aromatic carbocycles. The Morgan fingerprint density at radius 2 is 1.87 bits per heavy atom. The molecule has 0 heterocycles. The fourth-order valence-corrected chi connectivity index (χ4v) is 0.893. The Hall–Kier alpha value is -1.26. The van der Waals surface area contributed by atoms with Crippen molar-refractivity contribution in [2.24, 2.45) is 0 Å². The minimum absolute atomic E-state index is 0.135. The Morgan fingerprint density at radius 1 is 1.33 bits per heavy atom. The number of esters is 1. The number of rotatable bonds is 3. The number of ether oxygens (including phenoxy) is 2. The lowest BCUT2D eigenvalue weighted by atomic mass is 10.2. The maximum Gasteiger partial charge on any atom is 0.407 e. The van der Waals surface area contributed by atoms with Gasteiger partial charge in [-0.1, -0.05) is 0 Å². The maximum atomic E-state index is 11.3. The molecule has 0 aliphatic carbocycles. The van der Waals surface area contributed by atoms with Gasteiger partial charge in [-0.15, -0.1) is 0 Å². The first kappa shape index (κ1) is 13.7. The van der Waals surface area contributed by atoms with Crippen LogP contribution in [0.2, 0.25) is 0 Å². The zero-order valence-electron chi connectivity index (χ0n) is 9.92. The van der Waals surface area contributed by atoms with Gasteiger partial charge in [0.15, 0.2) is 0 Å². The first-order chi connectivity index (χ1) is 6.74. The van der Waals surface area contributed by atoms with Crippen molar-refractivity contribution in [2.75, 3.05) is 7.11 Å². The molecular formula is C10H19NO4. The summed E-state index contributed by atoms with van der Waals surface area (Å²) in [6.07, 6.45) is -0.394. The van der Waals surface area contributed by atoms with Crippen molar-refractivity contribution in [3.63, 3.8) is 0 Å². The topological polar surface area (TPSA) is 64.6 Å². The van der Waals surface area contributed by atoms with Crippen LogP contribution in [0.25, 0.3) is 0 Å². The van der Waals surface area contributed by atoms with Gasteiger partial charge in [-0.2, -0.15) is 0 Å². The van der Waals surface area contributed by atoms with Crippen molar-refractivity contribution in [1.82, 2.24) is 5.32 Å². The van der Waals surface area contributed by atoms with Gasteiger partial charge in [0.25, 0.3) is 0 Å². The molecular weight excluding hydrogens is 198 g/mol. The molecule has 1 atom stereocenters. The zero-order chi connectivity index (χ0) is 12.1. The SMILES string of the molecule is COC(=O)C[C@H](C)NC(=O)OC(C)(C)C. The van der Waals surface area contributed by atoms with E-state index in [2.05, 4.69) is 10.1 Å². The second-order valence-corrected chi connectivity index (χ2v) is 4.33. The van der Waals surface area contributed by atoms with Crippen molar-refractivity contribution in [3.8, 4) is 0 Å². The van der Waals surface area contributed by atoms with E-state index >= 15 is 0 Å². The number of carbonyl (C=O) groups excluding carboxylic acids is 2. The van der Waals surface area contributed by atoms with Gasteiger partial charge < -0.3 is 14.8 Å². The number of methoxy groups -OCH3 is 1. The highest BCUT2D eigenvalue weighted by Gasteiger charge is 2.18. The van der Waals surface area contributed by atoms with Crippen LogP contribution in [0.15, 0.2) is 0 Å². The van der Waals surface area contributed by atoms with E-state index in [1.54, 1.807) is 27.7 Å². The number of nitrogens with one attached hydrogen (secondary N) is 1. The van der Waals surface area contributed by atoms with Gasteiger partial charge in [-0.3, -0.25) is 4.79 Å². The van der Waals surface area contributed by atoms with E-state index < -0.39 is 11.7 Å². The molecule has 0 aliphatic rings. The van der Waals surface area contributed by atoms with E-state index in [1.165, 1.54) is 7.11 Å². The predicted molar refractivity (Wildman–Crippen MR) is 55.5 cm³/mol. The molecule has 0 radical (unpaired) electrons. The van der Waals surface area contributed by atoms with Crippen LogP contribution in [-0.2, 0) is 14.3 Å². The number of hydrogen-bond donors (Lipinski definition) is 1. The molecule has 1 N–H and O–H groups in total. The molecule has 0 bridgehead atoms. The molecule has 0 aromatic heterocycles.